The van der Waals surface area contributed by atoms with Gasteiger partial charge in [-0.15, -0.1) is 11.6 Å². The Kier molecular flexibility index (Phi) is 2.94. The first-order chi connectivity index (χ1) is 6.74. The van der Waals surface area contributed by atoms with Crippen molar-refractivity contribution in [3.8, 4) is 5.75 Å². The molecule has 0 aromatic heterocycles. The first-order valence-electron chi connectivity index (χ1n) is 4.88. The lowest BCUT2D eigenvalue weighted by Gasteiger charge is -2.14. The molecule has 0 amide bonds. The van der Waals surface area contributed by atoms with Gasteiger partial charge in [0.2, 0.25) is 0 Å². The molecule has 2 rings (SSSR count). The molecule has 1 aromatic rings. The summed E-state index contributed by atoms with van der Waals surface area (Å²) in [7, 11) is 0. The van der Waals surface area contributed by atoms with Gasteiger partial charge in [0.15, 0.2) is 0 Å². The highest BCUT2D eigenvalue weighted by Gasteiger charge is 2.19. The Balaban J connectivity index is 1.97. The number of phenolic OH excluding ortho intramolecular Hbond substituents is 1. The van der Waals surface area contributed by atoms with Crippen LogP contribution in [0.25, 0.3) is 0 Å². The van der Waals surface area contributed by atoms with Gasteiger partial charge in [0.05, 0.1) is 0 Å². The topological polar surface area (TPSA) is 23.5 Å². The van der Waals surface area contributed by atoms with Gasteiger partial charge in [-0.25, -0.2) is 0 Å². The number of rotatable bonds is 2. The van der Waals surface area contributed by atoms with Gasteiger partial charge < -0.3 is 5.11 Å². The summed E-state index contributed by atoms with van der Waals surface area (Å²) in [6, 6.07) is 7.40. The van der Waals surface area contributed by atoms with Gasteiger partial charge in [-0.1, -0.05) is 12.1 Å². The van der Waals surface area contributed by atoms with Gasteiger partial charge in [0, 0.05) is 18.5 Å². The summed E-state index contributed by atoms with van der Waals surface area (Å²) in [5.41, 5.74) is 1.15. The van der Waals surface area contributed by atoms with E-state index in [0.717, 1.165) is 31.6 Å². The van der Waals surface area contributed by atoms with Crippen LogP contribution in [0.1, 0.15) is 12.0 Å². The summed E-state index contributed by atoms with van der Waals surface area (Å²) in [5.74, 6) is 0.337. The third-order valence-corrected chi connectivity index (χ3v) is 2.89. The van der Waals surface area contributed by atoms with Crippen molar-refractivity contribution in [3.05, 3.63) is 29.8 Å². The van der Waals surface area contributed by atoms with Crippen molar-refractivity contribution < 1.29 is 5.11 Å². The van der Waals surface area contributed by atoms with E-state index in [9.17, 15) is 5.11 Å². The number of hydrogen-bond acceptors (Lipinski definition) is 2. The Morgan fingerprint density at radius 3 is 3.00 bits per heavy atom. The molecule has 1 atom stereocenters. The van der Waals surface area contributed by atoms with Crippen molar-refractivity contribution in [1.29, 1.82) is 0 Å². The highest BCUT2D eigenvalue weighted by atomic mass is 35.5. The lowest BCUT2D eigenvalue weighted by atomic mass is 10.2. The SMILES string of the molecule is Oc1cccc(CN2CCC(Cl)C2)c1. The summed E-state index contributed by atoms with van der Waals surface area (Å²) in [4.78, 5) is 2.31. The molecule has 1 N–H and O–H groups in total. The number of aromatic hydroxyl groups is 1. The Bertz CT molecular complexity index is 316. The third kappa shape index (κ3) is 2.40. The minimum Gasteiger partial charge on any atom is -0.508 e. The molecule has 0 spiro atoms. The number of benzene rings is 1. The molecule has 0 radical (unpaired) electrons. The van der Waals surface area contributed by atoms with Gasteiger partial charge in [-0.2, -0.15) is 0 Å². The minimum atomic E-state index is 0.298. The fraction of sp³-hybridized carbons (Fsp3) is 0.455. The summed E-state index contributed by atoms with van der Waals surface area (Å²) in [6.07, 6.45) is 1.07. The van der Waals surface area contributed by atoms with Crippen molar-refractivity contribution in [1.82, 2.24) is 4.90 Å². The van der Waals surface area contributed by atoms with Crippen molar-refractivity contribution in [2.24, 2.45) is 0 Å². The molecular formula is C11H14ClNO. The molecule has 2 nitrogen and oxygen atoms in total. The van der Waals surface area contributed by atoms with Crippen molar-refractivity contribution in [2.45, 2.75) is 18.3 Å². The smallest absolute Gasteiger partial charge is 0.115 e. The number of alkyl halides is 1. The van der Waals surface area contributed by atoms with Crippen LogP contribution in [-0.4, -0.2) is 28.5 Å². The summed E-state index contributed by atoms with van der Waals surface area (Å²) < 4.78 is 0. The summed E-state index contributed by atoms with van der Waals surface area (Å²) >= 11 is 6.01. The van der Waals surface area contributed by atoms with Crippen LogP contribution in [0.15, 0.2) is 24.3 Å². The molecule has 76 valence electrons. The van der Waals surface area contributed by atoms with E-state index in [4.69, 9.17) is 11.6 Å². The molecule has 0 aliphatic carbocycles. The second-order valence-electron chi connectivity index (χ2n) is 3.79. The van der Waals surface area contributed by atoms with E-state index in [1.165, 1.54) is 0 Å². The predicted octanol–water partition coefficient (Wildman–Crippen LogP) is 2.21. The zero-order chi connectivity index (χ0) is 9.97. The second-order valence-corrected chi connectivity index (χ2v) is 4.41. The molecule has 0 saturated carbocycles. The maximum Gasteiger partial charge on any atom is 0.115 e. The highest BCUT2D eigenvalue weighted by molar-refractivity contribution is 6.20. The molecule has 1 aliphatic heterocycles. The molecule has 1 heterocycles. The quantitative estimate of drug-likeness (QED) is 0.759. The van der Waals surface area contributed by atoms with Crippen LogP contribution in [0.4, 0.5) is 0 Å². The molecule has 14 heavy (non-hydrogen) atoms. The van der Waals surface area contributed by atoms with E-state index in [2.05, 4.69) is 4.90 Å². The van der Waals surface area contributed by atoms with Crippen LogP contribution in [0, 0.1) is 0 Å². The fourth-order valence-electron chi connectivity index (χ4n) is 1.84. The lowest BCUT2D eigenvalue weighted by molar-refractivity contribution is 0.331. The van der Waals surface area contributed by atoms with E-state index in [1.54, 1.807) is 6.07 Å². The van der Waals surface area contributed by atoms with Gasteiger partial charge in [-0.05, 0) is 30.7 Å². The van der Waals surface area contributed by atoms with Gasteiger partial charge in [-0.3, -0.25) is 4.90 Å². The van der Waals surface area contributed by atoms with Crippen LogP contribution < -0.4 is 0 Å². The van der Waals surface area contributed by atoms with Crippen LogP contribution in [0.5, 0.6) is 5.75 Å². The van der Waals surface area contributed by atoms with Gasteiger partial charge in [0.25, 0.3) is 0 Å². The minimum absolute atomic E-state index is 0.298. The van der Waals surface area contributed by atoms with E-state index >= 15 is 0 Å². The molecule has 1 saturated heterocycles. The molecule has 1 aromatic carbocycles. The number of phenols is 1. The first-order valence-corrected chi connectivity index (χ1v) is 5.32. The molecule has 1 unspecified atom stereocenters. The lowest BCUT2D eigenvalue weighted by Crippen LogP contribution is -2.20. The molecule has 3 heteroatoms. The van der Waals surface area contributed by atoms with Crippen LogP contribution >= 0.6 is 11.6 Å². The number of hydrogen-bond donors (Lipinski definition) is 1. The zero-order valence-corrected chi connectivity index (χ0v) is 8.74. The van der Waals surface area contributed by atoms with Crippen LogP contribution in [-0.2, 0) is 6.54 Å². The molecule has 0 bridgehead atoms. The molecular weight excluding hydrogens is 198 g/mol. The van der Waals surface area contributed by atoms with E-state index in [0.29, 0.717) is 11.1 Å². The third-order valence-electron chi connectivity index (χ3n) is 2.53. The van der Waals surface area contributed by atoms with Crippen molar-refractivity contribution in [2.75, 3.05) is 13.1 Å². The Morgan fingerprint density at radius 1 is 1.50 bits per heavy atom. The number of halogens is 1. The van der Waals surface area contributed by atoms with E-state index in [-0.39, 0.29) is 0 Å². The number of likely N-dealkylation sites (tertiary alicyclic amines) is 1. The van der Waals surface area contributed by atoms with E-state index < -0.39 is 0 Å². The van der Waals surface area contributed by atoms with Gasteiger partial charge in [0.1, 0.15) is 5.75 Å². The Morgan fingerprint density at radius 2 is 2.36 bits per heavy atom. The molecule has 1 fully saturated rings. The number of nitrogens with zero attached hydrogens (tertiary/aromatic N) is 1. The van der Waals surface area contributed by atoms with Crippen molar-refractivity contribution >= 4 is 11.6 Å². The second kappa shape index (κ2) is 4.20. The predicted molar refractivity (Wildman–Crippen MR) is 57.6 cm³/mol. The van der Waals surface area contributed by atoms with Crippen molar-refractivity contribution in [3.63, 3.8) is 0 Å². The largest absolute Gasteiger partial charge is 0.508 e. The normalized spacial score (nSPS) is 22.8. The van der Waals surface area contributed by atoms with E-state index in [1.807, 2.05) is 18.2 Å². The summed E-state index contributed by atoms with van der Waals surface area (Å²) in [5, 5.41) is 9.59. The highest BCUT2D eigenvalue weighted by Crippen LogP contribution is 2.19. The van der Waals surface area contributed by atoms with Crippen LogP contribution in [0.2, 0.25) is 0 Å². The Labute approximate surface area is 89.1 Å². The maximum absolute atomic E-state index is 9.29. The summed E-state index contributed by atoms with van der Waals surface area (Å²) in [6.45, 7) is 2.90. The zero-order valence-electron chi connectivity index (χ0n) is 7.99. The average molecular weight is 212 g/mol. The average Bonchev–Trinajstić information content (AvgIpc) is 2.51. The maximum atomic E-state index is 9.29. The van der Waals surface area contributed by atoms with Crippen LogP contribution in [0.3, 0.4) is 0 Å². The first kappa shape index (κ1) is 9.81. The Hall–Kier alpha value is -0.730. The van der Waals surface area contributed by atoms with Gasteiger partial charge >= 0.3 is 0 Å². The fourth-order valence-corrected chi connectivity index (χ4v) is 2.13. The molecule has 1 aliphatic rings. The standard InChI is InChI=1S/C11H14ClNO/c12-10-4-5-13(8-10)7-9-2-1-3-11(14)6-9/h1-3,6,10,14H,4-5,7-8H2. The monoisotopic (exact) mass is 211 g/mol.